The number of rotatable bonds is 8. The second kappa shape index (κ2) is 10.6. The van der Waals surface area contributed by atoms with Crippen molar-refractivity contribution in [3.05, 3.63) is 51.4 Å². The van der Waals surface area contributed by atoms with Crippen LogP contribution in [-0.4, -0.2) is 38.4 Å². The van der Waals surface area contributed by atoms with Gasteiger partial charge < -0.3 is 10.6 Å². The molecule has 0 saturated carbocycles. The molecule has 0 aliphatic carbocycles. The summed E-state index contributed by atoms with van der Waals surface area (Å²) in [7, 11) is -4.04. The fourth-order valence-corrected chi connectivity index (χ4v) is 5.31. The van der Waals surface area contributed by atoms with Gasteiger partial charge >= 0.3 is 10.2 Å². The van der Waals surface area contributed by atoms with E-state index in [0.717, 1.165) is 18.6 Å². The maximum absolute atomic E-state index is 14.6. The van der Waals surface area contributed by atoms with E-state index in [1.165, 1.54) is 16.4 Å². The maximum Gasteiger partial charge on any atom is 0.301 e. The van der Waals surface area contributed by atoms with E-state index in [0.29, 0.717) is 29.6 Å². The highest BCUT2D eigenvalue weighted by atomic mass is 127. The van der Waals surface area contributed by atoms with Gasteiger partial charge in [0.05, 0.1) is 11.4 Å². The Balaban J connectivity index is 1.84. The third-order valence-corrected chi connectivity index (χ3v) is 7.32. The summed E-state index contributed by atoms with van der Waals surface area (Å²) < 4.78 is 73.1. The minimum Gasteiger partial charge on any atom is -0.349 e. The van der Waals surface area contributed by atoms with Gasteiger partial charge in [-0.25, -0.2) is 13.2 Å². The van der Waals surface area contributed by atoms with Crippen molar-refractivity contribution >= 4 is 49.9 Å². The van der Waals surface area contributed by atoms with E-state index in [9.17, 15) is 21.6 Å². The van der Waals surface area contributed by atoms with E-state index >= 15 is 0 Å². The van der Waals surface area contributed by atoms with E-state index in [4.69, 9.17) is 0 Å². The summed E-state index contributed by atoms with van der Waals surface area (Å²) in [5.41, 5.74) is -0.791. The molecular formula is C21H26F3IN4O2S. The molecule has 0 radical (unpaired) electrons. The Morgan fingerprint density at radius 1 is 1.12 bits per heavy atom. The first-order valence-corrected chi connectivity index (χ1v) is 12.8. The van der Waals surface area contributed by atoms with E-state index in [1.807, 2.05) is 36.4 Å². The summed E-state index contributed by atoms with van der Waals surface area (Å²) in [6.07, 6.45) is 1.60. The van der Waals surface area contributed by atoms with Crippen LogP contribution in [0.3, 0.4) is 0 Å². The lowest BCUT2D eigenvalue weighted by Crippen LogP contribution is -2.45. The monoisotopic (exact) mass is 582 g/mol. The first kappa shape index (κ1) is 25.1. The van der Waals surface area contributed by atoms with Crippen molar-refractivity contribution in [1.82, 2.24) is 9.62 Å². The average Bonchev–Trinajstić information content (AvgIpc) is 2.73. The molecule has 0 amide bonds. The lowest BCUT2D eigenvalue weighted by Gasteiger charge is -2.32. The number of anilines is 3. The molecule has 11 heteroatoms. The highest BCUT2D eigenvalue weighted by Gasteiger charge is 2.30. The second-order valence-electron chi connectivity index (χ2n) is 8.07. The molecule has 1 aliphatic heterocycles. The molecule has 0 aromatic heterocycles. The molecule has 2 aromatic rings. The van der Waals surface area contributed by atoms with Crippen molar-refractivity contribution in [2.75, 3.05) is 29.7 Å². The summed E-state index contributed by atoms with van der Waals surface area (Å²) in [4.78, 5) is 0. The van der Waals surface area contributed by atoms with Gasteiger partial charge in [0.15, 0.2) is 11.6 Å². The minimum absolute atomic E-state index is 0.104. The summed E-state index contributed by atoms with van der Waals surface area (Å²) >= 11 is 1.92. The molecule has 1 aliphatic rings. The van der Waals surface area contributed by atoms with Crippen LogP contribution < -0.4 is 15.4 Å². The van der Waals surface area contributed by atoms with Gasteiger partial charge in [0.2, 0.25) is 0 Å². The molecule has 6 nitrogen and oxygen atoms in total. The highest BCUT2D eigenvalue weighted by molar-refractivity contribution is 14.1. The molecule has 2 aromatic carbocycles. The van der Waals surface area contributed by atoms with Crippen LogP contribution in [0.15, 0.2) is 30.3 Å². The van der Waals surface area contributed by atoms with Gasteiger partial charge in [-0.05, 0) is 78.2 Å². The SMILES string of the molecule is CC(C)NCC1CCCN(S(=O)(=O)Nc2ccc(F)c(F)c2Nc2ccc(I)cc2F)C1. The Kier molecular flexibility index (Phi) is 8.28. The van der Waals surface area contributed by atoms with E-state index in [-0.39, 0.29) is 23.3 Å². The van der Waals surface area contributed by atoms with E-state index in [2.05, 4.69) is 15.4 Å². The molecule has 3 N–H and O–H groups in total. The van der Waals surface area contributed by atoms with Crippen LogP contribution in [0.4, 0.5) is 30.2 Å². The van der Waals surface area contributed by atoms with E-state index in [1.54, 1.807) is 6.07 Å². The van der Waals surface area contributed by atoms with Crippen molar-refractivity contribution in [1.29, 1.82) is 0 Å². The van der Waals surface area contributed by atoms with E-state index < -0.39 is 33.3 Å². The van der Waals surface area contributed by atoms with Crippen LogP contribution >= 0.6 is 22.6 Å². The lowest BCUT2D eigenvalue weighted by molar-refractivity contribution is 0.257. The Labute approximate surface area is 200 Å². The molecule has 1 atom stereocenters. The van der Waals surface area contributed by atoms with Gasteiger partial charge in [-0.3, -0.25) is 4.72 Å². The standard InChI is InChI=1S/C21H26F3IN4O2S/c1-13(2)26-11-14-4-3-9-29(12-14)32(30,31)28-19-8-6-16(22)20(24)21(19)27-18-7-5-15(25)10-17(18)23/h5-8,10,13-14,26-28H,3-4,9,11-12H2,1-2H3. The number of hydrogen-bond acceptors (Lipinski definition) is 4. The average molecular weight is 582 g/mol. The largest absolute Gasteiger partial charge is 0.349 e. The predicted octanol–water partition coefficient (Wildman–Crippen LogP) is 4.82. The summed E-state index contributed by atoms with van der Waals surface area (Å²) in [5.74, 6) is -3.02. The topological polar surface area (TPSA) is 73.5 Å². The fourth-order valence-electron chi connectivity index (χ4n) is 3.50. The lowest BCUT2D eigenvalue weighted by atomic mass is 9.99. The molecule has 32 heavy (non-hydrogen) atoms. The van der Waals surface area contributed by atoms with Crippen molar-refractivity contribution < 1.29 is 21.6 Å². The summed E-state index contributed by atoms with van der Waals surface area (Å²) in [6.45, 7) is 5.37. The van der Waals surface area contributed by atoms with Crippen molar-refractivity contribution in [3.8, 4) is 0 Å². The van der Waals surface area contributed by atoms with Crippen LogP contribution in [0, 0.1) is 26.9 Å². The van der Waals surface area contributed by atoms with Crippen LogP contribution in [0.25, 0.3) is 0 Å². The minimum atomic E-state index is -4.04. The summed E-state index contributed by atoms with van der Waals surface area (Å²) in [5, 5.41) is 5.81. The predicted molar refractivity (Wildman–Crippen MR) is 129 cm³/mol. The van der Waals surface area contributed by atoms with Crippen molar-refractivity contribution in [3.63, 3.8) is 0 Å². The molecule has 3 rings (SSSR count). The molecular weight excluding hydrogens is 556 g/mol. The van der Waals surface area contributed by atoms with Crippen molar-refractivity contribution in [2.24, 2.45) is 5.92 Å². The Morgan fingerprint density at radius 2 is 1.84 bits per heavy atom. The molecule has 0 spiro atoms. The number of piperidine rings is 1. The van der Waals surface area contributed by atoms with Gasteiger partial charge in [-0.2, -0.15) is 12.7 Å². The van der Waals surface area contributed by atoms with Gasteiger partial charge in [-0.1, -0.05) is 13.8 Å². The first-order chi connectivity index (χ1) is 15.1. The molecule has 1 fully saturated rings. The molecule has 176 valence electrons. The number of benzene rings is 2. The quantitative estimate of drug-likeness (QED) is 0.391. The van der Waals surface area contributed by atoms with Crippen molar-refractivity contribution in [2.45, 2.75) is 32.7 Å². The number of hydrogen-bond donors (Lipinski definition) is 3. The van der Waals surface area contributed by atoms with Gasteiger partial charge in [0.25, 0.3) is 0 Å². The molecule has 1 unspecified atom stereocenters. The number of nitrogens with zero attached hydrogens (tertiary/aromatic N) is 1. The fraction of sp³-hybridized carbons (Fsp3) is 0.429. The molecule has 1 heterocycles. The Morgan fingerprint density at radius 3 is 2.53 bits per heavy atom. The number of halogens is 4. The Bertz CT molecular complexity index is 1070. The van der Waals surface area contributed by atoms with Crippen LogP contribution in [0.2, 0.25) is 0 Å². The second-order valence-corrected chi connectivity index (χ2v) is 11.0. The van der Waals surface area contributed by atoms with Crippen LogP contribution in [-0.2, 0) is 10.2 Å². The zero-order valence-electron chi connectivity index (χ0n) is 17.8. The zero-order chi connectivity index (χ0) is 23.5. The maximum atomic E-state index is 14.6. The highest BCUT2D eigenvalue weighted by Crippen LogP contribution is 2.33. The zero-order valence-corrected chi connectivity index (χ0v) is 20.7. The van der Waals surface area contributed by atoms with Gasteiger partial charge in [0, 0.05) is 22.7 Å². The van der Waals surface area contributed by atoms with Gasteiger partial charge in [-0.15, -0.1) is 0 Å². The molecule has 1 saturated heterocycles. The first-order valence-electron chi connectivity index (χ1n) is 10.3. The molecule has 0 bridgehead atoms. The Hall–Kier alpha value is -1.57. The van der Waals surface area contributed by atoms with Crippen LogP contribution in [0.1, 0.15) is 26.7 Å². The normalized spacial score (nSPS) is 17.5. The van der Waals surface area contributed by atoms with Crippen LogP contribution in [0.5, 0.6) is 0 Å². The third-order valence-electron chi connectivity index (χ3n) is 5.16. The van der Waals surface area contributed by atoms with Gasteiger partial charge in [0.1, 0.15) is 11.5 Å². The summed E-state index contributed by atoms with van der Waals surface area (Å²) in [6, 6.07) is 6.42. The number of nitrogens with one attached hydrogen (secondary N) is 3. The third kappa shape index (κ3) is 6.27. The smallest absolute Gasteiger partial charge is 0.301 e.